The Hall–Kier alpha value is -0.550. The van der Waals surface area contributed by atoms with Crippen LogP contribution in [0.2, 0.25) is 0 Å². The molecule has 0 amide bonds. The third kappa shape index (κ3) is 2.70. The molecule has 13 heavy (non-hydrogen) atoms. The first-order chi connectivity index (χ1) is 6.15. The predicted molar refractivity (Wildman–Crippen MR) is 60.2 cm³/mol. The number of halogens is 2. The van der Waals surface area contributed by atoms with E-state index in [1.807, 2.05) is 0 Å². The highest BCUT2D eigenvalue weighted by molar-refractivity contribution is 9.11. The lowest BCUT2D eigenvalue weighted by atomic mass is 10.2. The third-order valence-corrected chi connectivity index (χ3v) is 2.59. The Morgan fingerprint density at radius 1 is 1.38 bits per heavy atom. The zero-order chi connectivity index (χ0) is 9.84. The predicted octanol–water partition coefficient (Wildman–Crippen LogP) is 2.47. The van der Waals surface area contributed by atoms with Crippen molar-refractivity contribution in [3.63, 3.8) is 0 Å². The molecule has 0 aliphatic heterocycles. The van der Waals surface area contributed by atoms with Crippen LogP contribution in [0.15, 0.2) is 26.2 Å². The Bertz CT molecular complexity index is 316. The molecule has 0 aromatic heterocycles. The Kier molecular flexibility index (Phi) is 3.74. The molecule has 0 aliphatic rings. The lowest BCUT2D eigenvalue weighted by Crippen LogP contribution is -1.94. The second-order valence-electron chi connectivity index (χ2n) is 2.31. The van der Waals surface area contributed by atoms with E-state index in [1.54, 1.807) is 25.4 Å². The van der Waals surface area contributed by atoms with Gasteiger partial charge in [0, 0.05) is 7.05 Å². The average Bonchev–Trinajstić information content (AvgIpc) is 2.10. The molecular formula is C8H8Br2N2O. The zero-order valence-electron chi connectivity index (χ0n) is 6.88. The van der Waals surface area contributed by atoms with Crippen molar-refractivity contribution in [1.82, 2.24) is 5.43 Å². The van der Waals surface area contributed by atoms with Crippen LogP contribution in [0.25, 0.3) is 0 Å². The van der Waals surface area contributed by atoms with E-state index in [0.717, 1.165) is 5.56 Å². The quantitative estimate of drug-likeness (QED) is 0.651. The van der Waals surface area contributed by atoms with Crippen molar-refractivity contribution < 1.29 is 5.11 Å². The van der Waals surface area contributed by atoms with Crippen molar-refractivity contribution in [2.45, 2.75) is 0 Å². The number of benzene rings is 1. The Morgan fingerprint density at radius 2 is 1.92 bits per heavy atom. The van der Waals surface area contributed by atoms with Crippen LogP contribution in [0.5, 0.6) is 5.75 Å². The van der Waals surface area contributed by atoms with Gasteiger partial charge in [0.05, 0.1) is 15.2 Å². The van der Waals surface area contributed by atoms with Crippen LogP contribution in [0.3, 0.4) is 0 Å². The molecule has 5 heteroatoms. The maximum atomic E-state index is 9.40. The number of nitrogens with zero attached hydrogens (tertiary/aromatic N) is 1. The van der Waals surface area contributed by atoms with Crippen molar-refractivity contribution in [3.8, 4) is 5.75 Å². The second-order valence-corrected chi connectivity index (χ2v) is 4.02. The van der Waals surface area contributed by atoms with Gasteiger partial charge >= 0.3 is 0 Å². The fraction of sp³-hybridized carbons (Fsp3) is 0.125. The van der Waals surface area contributed by atoms with Gasteiger partial charge in [0.15, 0.2) is 0 Å². The summed E-state index contributed by atoms with van der Waals surface area (Å²) in [5.74, 6) is 0.196. The molecule has 0 atom stereocenters. The maximum Gasteiger partial charge on any atom is 0.143 e. The minimum absolute atomic E-state index is 0.196. The summed E-state index contributed by atoms with van der Waals surface area (Å²) in [5, 5.41) is 13.3. The molecule has 2 N–H and O–H groups in total. The molecule has 0 bridgehead atoms. The van der Waals surface area contributed by atoms with Crippen LogP contribution in [0, 0.1) is 0 Å². The molecule has 0 spiro atoms. The Labute approximate surface area is 93.1 Å². The summed E-state index contributed by atoms with van der Waals surface area (Å²) in [6.07, 6.45) is 1.66. The van der Waals surface area contributed by atoms with Crippen molar-refractivity contribution in [2.75, 3.05) is 7.05 Å². The molecular weight excluding hydrogens is 300 g/mol. The van der Waals surface area contributed by atoms with Crippen molar-refractivity contribution >= 4 is 38.1 Å². The minimum Gasteiger partial charge on any atom is -0.506 e. The number of hydrogen-bond donors (Lipinski definition) is 2. The summed E-state index contributed by atoms with van der Waals surface area (Å²) in [6, 6.07) is 3.56. The summed E-state index contributed by atoms with van der Waals surface area (Å²) < 4.78 is 1.28. The van der Waals surface area contributed by atoms with E-state index in [0.29, 0.717) is 8.95 Å². The SMILES string of the molecule is CN/N=C/c1cc(Br)c(O)c(Br)c1. The Balaban J connectivity index is 3.06. The number of aromatic hydroxyl groups is 1. The maximum absolute atomic E-state index is 9.40. The highest BCUT2D eigenvalue weighted by Gasteiger charge is 2.03. The Morgan fingerprint density at radius 3 is 2.38 bits per heavy atom. The first-order valence-corrected chi connectivity index (χ1v) is 5.11. The molecule has 1 aromatic carbocycles. The summed E-state index contributed by atoms with van der Waals surface area (Å²) in [7, 11) is 1.72. The van der Waals surface area contributed by atoms with Gasteiger partial charge in [0.1, 0.15) is 5.75 Å². The summed E-state index contributed by atoms with van der Waals surface area (Å²) >= 11 is 6.45. The minimum atomic E-state index is 0.196. The highest BCUT2D eigenvalue weighted by Crippen LogP contribution is 2.32. The van der Waals surface area contributed by atoms with Gasteiger partial charge in [-0.25, -0.2) is 0 Å². The zero-order valence-corrected chi connectivity index (χ0v) is 10.1. The van der Waals surface area contributed by atoms with Gasteiger partial charge in [-0.1, -0.05) is 0 Å². The van der Waals surface area contributed by atoms with Gasteiger partial charge in [0.25, 0.3) is 0 Å². The van der Waals surface area contributed by atoms with Crippen LogP contribution in [-0.4, -0.2) is 18.4 Å². The molecule has 0 unspecified atom stereocenters. The van der Waals surface area contributed by atoms with E-state index < -0.39 is 0 Å². The molecule has 0 fully saturated rings. The fourth-order valence-electron chi connectivity index (χ4n) is 0.799. The number of phenols is 1. The molecule has 0 saturated carbocycles. The summed E-state index contributed by atoms with van der Waals surface area (Å²) in [5.41, 5.74) is 3.54. The van der Waals surface area contributed by atoms with E-state index in [4.69, 9.17) is 0 Å². The number of hydrogen-bond acceptors (Lipinski definition) is 3. The van der Waals surface area contributed by atoms with Crippen LogP contribution in [-0.2, 0) is 0 Å². The van der Waals surface area contributed by atoms with Crippen LogP contribution < -0.4 is 5.43 Å². The van der Waals surface area contributed by atoms with Crippen molar-refractivity contribution in [1.29, 1.82) is 0 Å². The second kappa shape index (κ2) is 4.62. The number of nitrogens with one attached hydrogen (secondary N) is 1. The fourth-order valence-corrected chi connectivity index (χ4v) is 2.02. The molecule has 0 saturated heterocycles. The van der Waals surface area contributed by atoms with E-state index >= 15 is 0 Å². The van der Waals surface area contributed by atoms with Gasteiger partial charge in [-0.15, -0.1) is 0 Å². The molecule has 1 rings (SSSR count). The van der Waals surface area contributed by atoms with Crippen LogP contribution >= 0.6 is 31.9 Å². The van der Waals surface area contributed by atoms with Crippen LogP contribution in [0.4, 0.5) is 0 Å². The monoisotopic (exact) mass is 306 g/mol. The lowest BCUT2D eigenvalue weighted by Gasteiger charge is -2.01. The topological polar surface area (TPSA) is 44.6 Å². The lowest BCUT2D eigenvalue weighted by molar-refractivity contribution is 0.468. The van der Waals surface area contributed by atoms with E-state index in [-0.39, 0.29) is 5.75 Å². The van der Waals surface area contributed by atoms with Gasteiger partial charge in [0.2, 0.25) is 0 Å². The third-order valence-electron chi connectivity index (χ3n) is 1.38. The van der Waals surface area contributed by atoms with Crippen LogP contribution in [0.1, 0.15) is 5.56 Å². The van der Waals surface area contributed by atoms with Gasteiger partial charge in [-0.2, -0.15) is 5.10 Å². The highest BCUT2D eigenvalue weighted by atomic mass is 79.9. The molecule has 0 aliphatic carbocycles. The van der Waals surface area contributed by atoms with Crippen molar-refractivity contribution in [3.05, 3.63) is 26.6 Å². The largest absolute Gasteiger partial charge is 0.506 e. The molecule has 1 aromatic rings. The van der Waals surface area contributed by atoms with E-state index in [2.05, 4.69) is 42.4 Å². The first-order valence-electron chi connectivity index (χ1n) is 3.53. The first kappa shape index (κ1) is 10.5. The van der Waals surface area contributed by atoms with Gasteiger partial charge in [-0.05, 0) is 49.6 Å². The normalized spacial score (nSPS) is 10.7. The number of rotatable bonds is 2. The molecule has 0 heterocycles. The smallest absolute Gasteiger partial charge is 0.143 e. The molecule has 0 radical (unpaired) electrons. The number of phenolic OH excluding ortho intramolecular Hbond substituents is 1. The van der Waals surface area contributed by atoms with Gasteiger partial charge in [-0.3, -0.25) is 0 Å². The summed E-state index contributed by atoms with van der Waals surface area (Å²) in [4.78, 5) is 0. The average molecular weight is 308 g/mol. The number of hydrazone groups is 1. The summed E-state index contributed by atoms with van der Waals surface area (Å²) in [6.45, 7) is 0. The van der Waals surface area contributed by atoms with E-state index in [9.17, 15) is 5.11 Å². The van der Waals surface area contributed by atoms with E-state index in [1.165, 1.54) is 0 Å². The standard InChI is InChI=1S/C8H8Br2N2O/c1-11-12-4-5-2-6(9)8(13)7(10)3-5/h2-4,11,13H,1H3/b12-4+. The van der Waals surface area contributed by atoms with Gasteiger partial charge < -0.3 is 10.5 Å². The van der Waals surface area contributed by atoms with Crippen molar-refractivity contribution in [2.24, 2.45) is 5.10 Å². The molecule has 3 nitrogen and oxygen atoms in total. The molecule has 70 valence electrons.